The maximum atomic E-state index is 5.71. The van der Waals surface area contributed by atoms with Crippen molar-refractivity contribution in [2.75, 3.05) is 26.3 Å². The number of morpholine rings is 1. The highest BCUT2D eigenvalue weighted by Gasteiger charge is 2.38. The standard InChI is InChI=1S/C7H14N2O/c8-6-5-7(6)9-1-3-10-4-2-9/h6-7H,1-5,8H2/t6-,7+/m0/s1. The zero-order valence-electron chi connectivity index (χ0n) is 6.12. The molecule has 1 aliphatic heterocycles. The summed E-state index contributed by atoms with van der Waals surface area (Å²) in [5.41, 5.74) is 5.71. The Morgan fingerprint density at radius 1 is 1.30 bits per heavy atom. The van der Waals surface area contributed by atoms with Gasteiger partial charge in [0, 0.05) is 25.2 Å². The van der Waals surface area contributed by atoms with E-state index in [1.165, 1.54) is 6.42 Å². The average molecular weight is 142 g/mol. The lowest BCUT2D eigenvalue weighted by Crippen LogP contribution is -2.39. The van der Waals surface area contributed by atoms with Crippen molar-refractivity contribution in [1.82, 2.24) is 4.90 Å². The van der Waals surface area contributed by atoms with Crippen LogP contribution in [-0.4, -0.2) is 43.3 Å². The van der Waals surface area contributed by atoms with Gasteiger partial charge in [-0.1, -0.05) is 0 Å². The second-order valence-corrected chi connectivity index (χ2v) is 3.12. The van der Waals surface area contributed by atoms with Crippen molar-refractivity contribution in [2.45, 2.75) is 18.5 Å². The summed E-state index contributed by atoms with van der Waals surface area (Å²) in [6.07, 6.45) is 1.19. The van der Waals surface area contributed by atoms with Crippen LogP contribution in [0.3, 0.4) is 0 Å². The SMILES string of the molecule is N[C@H]1C[C@H]1N1CCOCC1. The number of rotatable bonds is 1. The molecule has 10 heavy (non-hydrogen) atoms. The molecule has 0 bridgehead atoms. The van der Waals surface area contributed by atoms with E-state index in [2.05, 4.69) is 4.90 Å². The molecule has 0 amide bonds. The molecule has 0 radical (unpaired) electrons. The van der Waals surface area contributed by atoms with E-state index in [1.54, 1.807) is 0 Å². The first-order valence-electron chi connectivity index (χ1n) is 3.95. The number of ether oxygens (including phenoxy) is 1. The zero-order chi connectivity index (χ0) is 6.97. The highest BCUT2D eigenvalue weighted by Crippen LogP contribution is 2.25. The Balaban J connectivity index is 1.81. The van der Waals surface area contributed by atoms with Crippen molar-refractivity contribution in [3.8, 4) is 0 Å². The van der Waals surface area contributed by atoms with Crippen LogP contribution in [0.15, 0.2) is 0 Å². The minimum atomic E-state index is 0.457. The Labute approximate surface area is 61.1 Å². The van der Waals surface area contributed by atoms with Crippen molar-refractivity contribution in [2.24, 2.45) is 5.73 Å². The van der Waals surface area contributed by atoms with Gasteiger partial charge in [0.2, 0.25) is 0 Å². The van der Waals surface area contributed by atoms with Crippen molar-refractivity contribution in [3.63, 3.8) is 0 Å². The molecule has 0 aromatic heterocycles. The first-order chi connectivity index (χ1) is 4.88. The minimum absolute atomic E-state index is 0.457. The van der Waals surface area contributed by atoms with Crippen LogP contribution < -0.4 is 5.73 Å². The molecule has 1 saturated carbocycles. The predicted octanol–water partition coefficient (Wildman–Crippen LogP) is -0.582. The molecule has 0 aromatic rings. The molecule has 2 fully saturated rings. The van der Waals surface area contributed by atoms with Crippen LogP contribution in [0.25, 0.3) is 0 Å². The van der Waals surface area contributed by atoms with Gasteiger partial charge in [0.25, 0.3) is 0 Å². The maximum absolute atomic E-state index is 5.71. The van der Waals surface area contributed by atoms with Crippen molar-refractivity contribution in [1.29, 1.82) is 0 Å². The minimum Gasteiger partial charge on any atom is -0.379 e. The quantitative estimate of drug-likeness (QED) is 0.532. The summed E-state index contributed by atoms with van der Waals surface area (Å²) in [6.45, 7) is 3.95. The molecule has 1 heterocycles. The Hall–Kier alpha value is -0.120. The molecule has 3 nitrogen and oxygen atoms in total. The number of nitrogens with zero attached hydrogens (tertiary/aromatic N) is 1. The fraction of sp³-hybridized carbons (Fsp3) is 1.00. The Bertz CT molecular complexity index is 123. The summed E-state index contributed by atoms with van der Waals surface area (Å²) in [7, 11) is 0. The lowest BCUT2D eigenvalue weighted by atomic mass is 10.4. The van der Waals surface area contributed by atoms with E-state index in [0.717, 1.165) is 26.3 Å². The highest BCUT2D eigenvalue weighted by atomic mass is 16.5. The van der Waals surface area contributed by atoms with Crippen LogP contribution >= 0.6 is 0 Å². The molecule has 0 aromatic carbocycles. The molecule has 3 heteroatoms. The lowest BCUT2D eigenvalue weighted by molar-refractivity contribution is 0.0332. The molecule has 2 aliphatic rings. The summed E-state index contributed by atoms with van der Waals surface area (Å²) in [5.74, 6) is 0. The fourth-order valence-corrected chi connectivity index (χ4v) is 1.53. The molecular weight excluding hydrogens is 128 g/mol. The van der Waals surface area contributed by atoms with Gasteiger partial charge < -0.3 is 10.5 Å². The van der Waals surface area contributed by atoms with E-state index in [9.17, 15) is 0 Å². The van der Waals surface area contributed by atoms with Crippen LogP contribution in [0.4, 0.5) is 0 Å². The second-order valence-electron chi connectivity index (χ2n) is 3.12. The normalized spacial score (nSPS) is 41.7. The molecule has 58 valence electrons. The summed E-state index contributed by atoms with van der Waals surface area (Å²) >= 11 is 0. The van der Waals surface area contributed by atoms with E-state index < -0.39 is 0 Å². The van der Waals surface area contributed by atoms with E-state index in [4.69, 9.17) is 10.5 Å². The monoisotopic (exact) mass is 142 g/mol. The zero-order valence-corrected chi connectivity index (χ0v) is 6.12. The molecule has 0 spiro atoms. The average Bonchev–Trinajstić information content (AvgIpc) is 2.69. The van der Waals surface area contributed by atoms with Gasteiger partial charge in [0.15, 0.2) is 0 Å². The van der Waals surface area contributed by atoms with Crippen LogP contribution in [0, 0.1) is 0 Å². The third kappa shape index (κ3) is 1.17. The van der Waals surface area contributed by atoms with Crippen LogP contribution in [0.2, 0.25) is 0 Å². The van der Waals surface area contributed by atoms with Crippen LogP contribution in [0.1, 0.15) is 6.42 Å². The Morgan fingerprint density at radius 2 is 1.90 bits per heavy atom. The van der Waals surface area contributed by atoms with Crippen molar-refractivity contribution >= 4 is 0 Å². The predicted molar refractivity (Wildman–Crippen MR) is 38.8 cm³/mol. The maximum Gasteiger partial charge on any atom is 0.0594 e. The third-order valence-corrected chi connectivity index (χ3v) is 2.32. The van der Waals surface area contributed by atoms with Crippen molar-refractivity contribution < 1.29 is 4.74 Å². The van der Waals surface area contributed by atoms with Gasteiger partial charge in [-0.15, -0.1) is 0 Å². The molecule has 1 aliphatic carbocycles. The van der Waals surface area contributed by atoms with Gasteiger partial charge >= 0.3 is 0 Å². The summed E-state index contributed by atoms with van der Waals surface area (Å²) in [4.78, 5) is 2.44. The lowest BCUT2D eigenvalue weighted by Gasteiger charge is -2.26. The Kier molecular flexibility index (Phi) is 1.64. The summed E-state index contributed by atoms with van der Waals surface area (Å²) < 4.78 is 5.23. The highest BCUT2D eigenvalue weighted by molar-refractivity contribution is 4.99. The summed E-state index contributed by atoms with van der Waals surface area (Å²) in [5, 5.41) is 0. The van der Waals surface area contributed by atoms with E-state index in [1.807, 2.05) is 0 Å². The van der Waals surface area contributed by atoms with E-state index >= 15 is 0 Å². The molecule has 2 N–H and O–H groups in total. The molecule has 2 rings (SSSR count). The summed E-state index contributed by atoms with van der Waals surface area (Å²) in [6, 6.07) is 1.14. The largest absolute Gasteiger partial charge is 0.379 e. The van der Waals surface area contributed by atoms with Gasteiger partial charge in [-0.2, -0.15) is 0 Å². The first kappa shape index (κ1) is 6.58. The molecule has 1 saturated heterocycles. The van der Waals surface area contributed by atoms with Gasteiger partial charge in [-0.3, -0.25) is 4.90 Å². The van der Waals surface area contributed by atoms with Gasteiger partial charge in [0.1, 0.15) is 0 Å². The van der Waals surface area contributed by atoms with E-state index in [-0.39, 0.29) is 0 Å². The number of hydrogen-bond acceptors (Lipinski definition) is 3. The van der Waals surface area contributed by atoms with E-state index in [0.29, 0.717) is 12.1 Å². The molecular formula is C7H14N2O. The van der Waals surface area contributed by atoms with Gasteiger partial charge in [-0.05, 0) is 6.42 Å². The van der Waals surface area contributed by atoms with Crippen LogP contribution in [0.5, 0.6) is 0 Å². The smallest absolute Gasteiger partial charge is 0.0594 e. The first-order valence-corrected chi connectivity index (χ1v) is 3.95. The molecule has 0 unspecified atom stereocenters. The van der Waals surface area contributed by atoms with Gasteiger partial charge in [0.05, 0.1) is 13.2 Å². The fourth-order valence-electron chi connectivity index (χ4n) is 1.53. The Morgan fingerprint density at radius 3 is 2.40 bits per heavy atom. The van der Waals surface area contributed by atoms with Crippen LogP contribution in [-0.2, 0) is 4.74 Å². The number of nitrogens with two attached hydrogens (primary N) is 1. The topological polar surface area (TPSA) is 38.5 Å². The third-order valence-electron chi connectivity index (χ3n) is 2.32. The number of hydrogen-bond donors (Lipinski definition) is 1. The molecule has 2 atom stereocenters. The second kappa shape index (κ2) is 2.49. The van der Waals surface area contributed by atoms with Crippen molar-refractivity contribution in [3.05, 3.63) is 0 Å². The van der Waals surface area contributed by atoms with Gasteiger partial charge in [-0.25, -0.2) is 0 Å².